The second-order valence-electron chi connectivity index (χ2n) is 5.12. The van der Waals surface area contributed by atoms with Crippen molar-refractivity contribution in [1.29, 1.82) is 0 Å². The smallest absolute Gasteiger partial charge is 0.236 e. The molecule has 1 aliphatic rings. The molecule has 0 saturated carbocycles. The predicted molar refractivity (Wildman–Crippen MR) is 81.8 cm³/mol. The highest BCUT2D eigenvalue weighted by molar-refractivity contribution is 5.78. The number of nitrogens with one attached hydrogen (secondary N) is 1. The Labute approximate surface area is 126 Å². The van der Waals surface area contributed by atoms with Crippen LogP contribution in [0.15, 0.2) is 24.3 Å². The standard InChI is InChI=1S/C16H24N2O3/c1-3-9-18(16(19)10-17-4-2)11-13-12-20-14-7-5-6-8-15(14)21-13/h5-8,13,17H,3-4,9-12H2,1-2H3. The summed E-state index contributed by atoms with van der Waals surface area (Å²) in [5.74, 6) is 1.64. The van der Waals surface area contributed by atoms with Crippen LogP contribution >= 0.6 is 0 Å². The average Bonchev–Trinajstić information content (AvgIpc) is 2.52. The molecule has 0 spiro atoms. The van der Waals surface area contributed by atoms with E-state index in [4.69, 9.17) is 9.47 Å². The third kappa shape index (κ3) is 4.36. The Kier molecular flexibility index (Phi) is 5.87. The number of hydrogen-bond donors (Lipinski definition) is 1. The molecule has 1 amide bonds. The molecule has 0 radical (unpaired) electrons. The van der Waals surface area contributed by atoms with E-state index in [-0.39, 0.29) is 12.0 Å². The van der Waals surface area contributed by atoms with Crippen LogP contribution in [0.5, 0.6) is 11.5 Å². The quantitative estimate of drug-likeness (QED) is 0.830. The molecule has 0 aromatic heterocycles. The number of likely N-dealkylation sites (N-methyl/N-ethyl adjacent to an activating group) is 1. The molecule has 1 unspecified atom stereocenters. The molecule has 0 fully saturated rings. The van der Waals surface area contributed by atoms with Gasteiger partial charge in [-0.2, -0.15) is 0 Å². The second kappa shape index (κ2) is 7.88. The Morgan fingerprint density at radius 2 is 2.10 bits per heavy atom. The maximum Gasteiger partial charge on any atom is 0.236 e. The first kappa shape index (κ1) is 15.6. The van der Waals surface area contributed by atoms with E-state index in [0.29, 0.717) is 19.7 Å². The minimum absolute atomic E-state index is 0.112. The number of ether oxygens (including phenoxy) is 2. The molecule has 0 aliphatic carbocycles. The lowest BCUT2D eigenvalue weighted by Gasteiger charge is -2.31. The average molecular weight is 292 g/mol. The first-order valence-corrected chi connectivity index (χ1v) is 7.61. The van der Waals surface area contributed by atoms with Gasteiger partial charge in [0.05, 0.1) is 13.1 Å². The van der Waals surface area contributed by atoms with Gasteiger partial charge in [0.25, 0.3) is 0 Å². The number of carbonyl (C=O) groups is 1. The normalized spacial score (nSPS) is 16.6. The third-order valence-corrected chi connectivity index (χ3v) is 3.36. The van der Waals surface area contributed by atoms with Crippen LogP contribution in [-0.2, 0) is 4.79 Å². The van der Waals surface area contributed by atoms with Gasteiger partial charge in [0.1, 0.15) is 6.61 Å². The zero-order valence-electron chi connectivity index (χ0n) is 12.8. The van der Waals surface area contributed by atoms with E-state index in [2.05, 4.69) is 12.2 Å². The molecule has 1 atom stereocenters. The summed E-state index contributed by atoms with van der Waals surface area (Å²) in [6.45, 7) is 7.01. The van der Waals surface area contributed by atoms with Gasteiger partial charge in [-0.1, -0.05) is 26.0 Å². The Hall–Kier alpha value is -1.75. The minimum Gasteiger partial charge on any atom is -0.486 e. The molecule has 1 aromatic carbocycles. The fourth-order valence-electron chi connectivity index (χ4n) is 2.33. The number of fused-ring (bicyclic) bond motifs is 1. The summed E-state index contributed by atoms with van der Waals surface area (Å²) in [5, 5.41) is 3.08. The molecule has 1 aromatic rings. The predicted octanol–water partition coefficient (Wildman–Crippen LogP) is 1.67. The number of para-hydroxylation sites is 2. The fraction of sp³-hybridized carbons (Fsp3) is 0.562. The first-order chi connectivity index (χ1) is 10.2. The summed E-state index contributed by atoms with van der Waals surface area (Å²) in [6.07, 6.45) is 0.819. The summed E-state index contributed by atoms with van der Waals surface area (Å²) in [5.41, 5.74) is 0. The van der Waals surface area contributed by atoms with Gasteiger partial charge in [-0.3, -0.25) is 4.79 Å². The van der Waals surface area contributed by atoms with E-state index < -0.39 is 0 Å². The van der Waals surface area contributed by atoms with Crippen molar-refractivity contribution in [3.8, 4) is 11.5 Å². The van der Waals surface area contributed by atoms with Crippen molar-refractivity contribution in [2.24, 2.45) is 0 Å². The largest absolute Gasteiger partial charge is 0.486 e. The van der Waals surface area contributed by atoms with E-state index in [1.807, 2.05) is 36.1 Å². The lowest BCUT2D eigenvalue weighted by atomic mass is 10.2. The van der Waals surface area contributed by atoms with E-state index in [9.17, 15) is 4.79 Å². The maximum atomic E-state index is 12.2. The highest BCUT2D eigenvalue weighted by Crippen LogP contribution is 2.30. The molecule has 0 saturated heterocycles. The van der Waals surface area contributed by atoms with Gasteiger partial charge in [-0.25, -0.2) is 0 Å². The van der Waals surface area contributed by atoms with Gasteiger partial charge in [-0.05, 0) is 25.1 Å². The van der Waals surface area contributed by atoms with Crippen molar-refractivity contribution in [2.75, 3.05) is 32.8 Å². The summed E-state index contributed by atoms with van der Waals surface area (Å²) < 4.78 is 11.6. The number of carbonyl (C=O) groups excluding carboxylic acids is 1. The van der Waals surface area contributed by atoms with E-state index in [1.54, 1.807) is 0 Å². The number of rotatable bonds is 7. The Balaban J connectivity index is 1.93. The van der Waals surface area contributed by atoms with Crippen LogP contribution in [0.1, 0.15) is 20.3 Å². The molecule has 0 bridgehead atoms. The second-order valence-corrected chi connectivity index (χ2v) is 5.12. The van der Waals surface area contributed by atoms with E-state index in [0.717, 1.165) is 31.0 Å². The highest BCUT2D eigenvalue weighted by Gasteiger charge is 2.24. The van der Waals surface area contributed by atoms with Crippen LogP contribution in [0.25, 0.3) is 0 Å². The van der Waals surface area contributed by atoms with Crippen LogP contribution in [0.3, 0.4) is 0 Å². The zero-order chi connectivity index (χ0) is 15.1. The van der Waals surface area contributed by atoms with Gasteiger partial charge >= 0.3 is 0 Å². The lowest BCUT2D eigenvalue weighted by Crippen LogP contribution is -2.46. The molecular formula is C16H24N2O3. The number of hydrogen-bond acceptors (Lipinski definition) is 4. The van der Waals surface area contributed by atoms with Crippen LogP contribution in [-0.4, -0.2) is 49.7 Å². The number of amides is 1. The minimum atomic E-state index is -0.114. The van der Waals surface area contributed by atoms with Gasteiger partial charge in [-0.15, -0.1) is 0 Å². The van der Waals surface area contributed by atoms with Crippen molar-refractivity contribution in [3.63, 3.8) is 0 Å². The summed E-state index contributed by atoms with van der Waals surface area (Å²) in [6, 6.07) is 7.63. The Morgan fingerprint density at radius 3 is 2.81 bits per heavy atom. The van der Waals surface area contributed by atoms with Crippen LogP contribution in [0.4, 0.5) is 0 Å². The Morgan fingerprint density at radius 1 is 1.33 bits per heavy atom. The van der Waals surface area contributed by atoms with Gasteiger partial charge in [0.2, 0.25) is 5.91 Å². The monoisotopic (exact) mass is 292 g/mol. The molecule has 2 rings (SSSR count). The number of benzene rings is 1. The van der Waals surface area contributed by atoms with Crippen molar-refractivity contribution < 1.29 is 14.3 Å². The molecule has 1 aliphatic heterocycles. The topological polar surface area (TPSA) is 50.8 Å². The van der Waals surface area contributed by atoms with Gasteiger partial charge < -0.3 is 19.7 Å². The molecular weight excluding hydrogens is 268 g/mol. The summed E-state index contributed by atoms with van der Waals surface area (Å²) in [7, 11) is 0. The molecule has 1 N–H and O–H groups in total. The van der Waals surface area contributed by atoms with Gasteiger partial charge in [0, 0.05) is 6.54 Å². The molecule has 21 heavy (non-hydrogen) atoms. The summed E-state index contributed by atoms with van der Waals surface area (Å²) in [4.78, 5) is 14.0. The van der Waals surface area contributed by atoms with Gasteiger partial charge in [0.15, 0.2) is 17.6 Å². The third-order valence-electron chi connectivity index (χ3n) is 3.36. The van der Waals surface area contributed by atoms with Crippen molar-refractivity contribution in [3.05, 3.63) is 24.3 Å². The van der Waals surface area contributed by atoms with Crippen molar-refractivity contribution in [1.82, 2.24) is 10.2 Å². The zero-order valence-corrected chi connectivity index (χ0v) is 12.8. The first-order valence-electron chi connectivity index (χ1n) is 7.61. The van der Waals surface area contributed by atoms with Crippen LogP contribution < -0.4 is 14.8 Å². The van der Waals surface area contributed by atoms with Crippen LogP contribution in [0.2, 0.25) is 0 Å². The lowest BCUT2D eigenvalue weighted by molar-refractivity contribution is -0.131. The van der Waals surface area contributed by atoms with E-state index in [1.165, 1.54) is 0 Å². The highest BCUT2D eigenvalue weighted by atomic mass is 16.6. The Bertz CT molecular complexity index is 465. The summed E-state index contributed by atoms with van der Waals surface area (Å²) >= 11 is 0. The maximum absolute atomic E-state index is 12.2. The molecule has 1 heterocycles. The molecule has 116 valence electrons. The van der Waals surface area contributed by atoms with Crippen molar-refractivity contribution in [2.45, 2.75) is 26.4 Å². The fourth-order valence-corrected chi connectivity index (χ4v) is 2.33. The van der Waals surface area contributed by atoms with Crippen LogP contribution in [0, 0.1) is 0 Å². The van der Waals surface area contributed by atoms with Crippen molar-refractivity contribution >= 4 is 5.91 Å². The van der Waals surface area contributed by atoms with E-state index >= 15 is 0 Å². The molecule has 5 heteroatoms. The number of nitrogens with zero attached hydrogens (tertiary/aromatic N) is 1. The SMILES string of the molecule is CCCN(CC1COc2ccccc2O1)C(=O)CNCC. The molecule has 5 nitrogen and oxygen atoms in total.